The van der Waals surface area contributed by atoms with E-state index in [-0.39, 0.29) is 12.0 Å². The van der Waals surface area contributed by atoms with Gasteiger partial charge >= 0.3 is 0 Å². The van der Waals surface area contributed by atoms with E-state index in [9.17, 15) is 4.79 Å². The molecule has 2 aliphatic rings. The van der Waals surface area contributed by atoms with Crippen molar-refractivity contribution in [3.05, 3.63) is 59.0 Å². The van der Waals surface area contributed by atoms with Crippen LogP contribution >= 0.6 is 0 Å². The standard InChI is InChI=1S/C30H38N8O2/c1-20-14-23-16-26(32-20)24-17-31-36(4)27(24)6-5-13-40-21(2)18-38-28-15-22(19-37-11-9-35(3)10-12-37)7-8-25(28)33-30(38)34-29(23)39/h7-8,14-17,21H,5-6,9-13,18-19H2,1-4H3,(H,33,34,39)/t21-/m1/s1. The van der Waals surface area contributed by atoms with Crippen LogP contribution < -0.4 is 5.32 Å². The van der Waals surface area contributed by atoms with Gasteiger partial charge in [0.1, 0.15) is 0 Å². The number of aromatic nitrogens is 5. The number of fused-ring (bicyclic) bond motifs is 7. The summed E-state index contributed by atoms with van der Waals surface area (Å²) < 4.78 is 10.2. The maximum atomic E-state index is 13.6. The molecule has 6 rings (SSSR count). The molecular formula is C30H38N8O2. The quantitative estimate of drug-likeness (QED) is 0.415. The van der Waals surface area contributed by atoms with E-state index in [1.54, 1.807) is 0 Å². The molecule has 10 heteroatoms. The molecule has 0 saturated carbocycles. The van der Waals surface area contributed by atoms with E-state index in [0.29, 0.717) is 24.7 Å². The Bertz CT molecular complexity index is 1530. The third-order valence-corrected chi connectivity index (χ3v) is 7.99. The van der Waals surface area contributed by atoms with Crippen LogP contribution in [0.15, 0.2) is 36.5 Å². The lowest BCUT2D eigenvalue weighted by Crippen LogP contribution is -2.43. The smallest absolute Gasteiger partial charge is 0.258 e. The lowest BCUT2D eigenvalue weighted by atomic mass is 10.1. The number of carbonyl (C=O) groups is 1. The maximum absolute atomic E-state index is 13.6. The number of amides is 1. The number of ether oxygens (including phenoxy) is 1. The number of benzene rings is 1. The van der Waals surface area contributed by atoms with Crippen molar-refractivity contribution in [3.63, 3.8) is 0 Å². The molecule has 10 nitrogen and oxygen atoms in total. The van der Waals surface area contributed by atoms with Crippen molar-refractivity contribution in [1.82, 2.24) is 34.1 Å². The van der Waals surface area contributed by atoms with Gasteiger partial charge in [0.25, 0.3) is 5.91 Å². The van der Waals surface area contributed by atoms with Gasteiger partial charge < -0.3 is 14.2 Å². The molecule has 1 aromatic carbocycles. The molecule has 0 radical (unpaired) electrons. The van der Waals surface area contributed by atoms with Crippen LogP contribution in [-0.4, -0.2) is 86.0 Å². The number of nitrogens with zero attached hydrogens (tertiary/aromatic N) is 7. The van der Waals surface area contributed by atoms with Gasteiger partial charge in [-0.3, -0.25) is 24.7 Å². The molecule has 0 spiro atoms. The molecule has 1 N–H and O–H groups in total. The summed E-state index contributed by atoms with van der Waals surface area (Å²) in [6, 6.07) is 10.1. The molecule has 2 bridgehead atoms. The number of rotatable bonds is 2. The van der Waals surface area contributed by atoms with Crippen LogP contribution in [0.3, 0.4) is 0 Å². The lowest BCUT2D eigenvalue weighted by molar-refractivity contribution is 0.0537. The predicted octanol–water partition coefficient (Wildman–Crippen LogP) is 3.49. The van der Waals surface area contributed by atoms with Gasteiger partial charge in [0, 0.05) is 68.9 Å². The maximum Gasteiger partial charge on any atom is 0.258 e. The Labute approximate surface area is 234 Å². The normalized spacial score (nSPS) is 19.5. The van der Waals surface area contributed by atoms with Crippen LogP contribution in [0.4, 0.5) is 5.95 Å². The highest BCUT2D eigenvalue weighted by Crippen LogP contribution is 2.27. The number of nitrogens with one attached hydrogen (secondary N) is 1. The fraction of sp³-hybridized carbons (Fsp3) is 0.467. The minimum Gasteiger partial charge on any atom is -0.377 e. The Morgan fingerprint density at radius 2 is 1.90 bits per heavy atom. The Hall–Kier alpha value is -3.60. The van der Waals surface area contributed by atoms with Crippen molar-refractivity contribution in [2.45, 2.75) is 45.9 Å². The Balaban J connectivity index is 1.36. The van der Waals surface area contributed by atoms with Crippen molar-refractivity contribution in [2.24, 2.45) is 7.05 Å². The van der Waals surface area contributed by atoms with Crippen LogP contribution in [0, 0.1) is 6.92 Å². The van der Waals surface area contributed by atoms with Gasteiger partial charge in [-0.25, -0.2) is 4.98 Å². The molecule has 0 aliphatic carbocycles. The summed E-state index contributed by atoms with van der Waals surface area (Å²) >= 11 is 0. The summed E-state index contributed by atoms with van der Waals surface area (Å²) in [6.45, 7) is 10.4. The minimum absolute atomic E-state index is 0.0598. The van der Waals surface area contributed by atoms with Gasteiger partial charge in [-0.1, -0.05) is 6.07 Å². The number of anilines is 1. The third kappa shape index (κ3) is 5.52. The highest BCUT2D eigenvalue weighted by molar-refractivity contribution is 6.04. The van der Waals surface area contributed by atoms with Gasteiger partial charge in [-0.2, -0.15) is 5.10 Å². The van der Waals surface area contributed by atoms with Crippen molar-refractivity contribution >= 4 is 22.9 Å². The Morgan fingerprint density at radius 1 is 1.07 bits per heavy atom. The number of piperazine rings is 1. The van der Waals surface area contributed by atoms with E-state index in [1.165, 1.54) is 5.56 Å². The first-order valence-corrected chi connectivity index (χ1v) is 14.2. The summed E-state index contributed by atoms with van der Waals surface area (Å²) in [5, 5.41) is 7.58. The van der Waals surface area contributed by atoms with Gasteiger partial charge in [0.05, 0.1) is 35.6 Å². The highest BCUT2D eigenvalue weighted by atomic mass is 16.5. The van der Waals surface area contributed by atoms with Crippen LogP contribution in [0.2, 0.25) is 0 Å². The molecule has 4 aromatic rings. The molecule has 3 aromatic heterocycles. The van der Waals surface area contributed by atoms with Crippen LogP contribution in [0.5, 0.6) is 0 Å². The van der Waals surface area contributed by atoms with Crippen LogP contribution in [0.1, 0.15) is 40.7 Å². The number of hydrogen-bond donors (Lipinski definition) is 1. The molecule has 0 unspecified atom stereocenters. The first kappa shape index (κ1) is 26.6. The zero-order valence-electron chi connectivity index (χ0n) is 23.9. The van der Waals surface area contributed by atoms with Gasteiger partial charge in [0.15, 0.2) is 0 Å². The van der Waals surface area contributed by atoms with E-state index in [2.05, 4.69) is 57.0 Å². The van der Waals surface area contributed by atoms with E-state index < -0.39 is 0 Å². The highest BCUT2D eigenvalue weighted by Gasteiger charge is 2.21. The fourth-order valence-corrected chi connectivity index (χ4v) is 5.73. The fourth-order valence-electron chi connectivity index (χ4n) is 5.73. The van der Waals surface area contributed by atoms with Crippen molar-refractivity contribution < 1.29 is 9.53 Å². The summed E-state index contributed by atoms with van der Waals surface area (Å²) in [5.74, 6) is 0.315. The monoisotopic (exact) mass is 542 g/mol. The minimum atomic E-state index is -0.213. The second-order valence-corrected chi connectivity index (χ2v) is 11.2. The lowest BCUT2D eigenvalue weighted by Gasteiger charge is -2.32. The zero-order valence-corrected chi connectivity index (χ0v) is 23.9. The SMILES string of the molecule is Cc1cc2cc(n1)-c1cnn(C)c1CCCO[C@H](C)Cn1c(nc3ccc(CN4CCN(C)CC4)cc31)NC2=O. The summed E-state index contributed by atoms with van der Waals surface area (Å²) in [5.41, 5.74) is 7.22. The second kappa shape index (κ2) is 11.1. The number of imidazole rings is 1. The largest absolute Gasteiger partial charge is 0.377 e. The van der Waals surface area contributed by atoms with Crippen molar-refractivity contribution in [1.29, 1.82) is 0 Å². The molecule has 40 heavy (non-hydrogen) atoms. The summed E-state index contributed by atoms with van der Waals surface area (Å²) in [6.07, 6.45) is 3.44. The number of pyridine rings is 1. The third-order valence-electron chi connectivity index (χ3n) is 7.99. The van der Waals surface area contributed by atoms with Crippen LogP contribution in [-0.2, 0) is 31.3 Å². The van der Waals surface area contributed by atoms with Gasteiger partial charge in [-0.05, 0) is 63.6 Å². The first-order valence-electron chi connectivity index (χ1n) is 14.2. The molecule has 1 atom stereocenters. The number of likely N-dealkylation sites (N-methyl/N-ethyl adjacent to an activating group) is 1. The van der Waals surface area contributed by atoms with E-state index in [4.69, 9.17) is 14.7 Å². The summed E-state index contributed by atoms with van der Waals surface area (Å²) in [7, 11) is 4.12. The average molecular weight is 543 g/mol. The van der Waals surface area contributed by atoms with E-state index >= 15 is 0 Å². The molecular weight excluding hydrogens is 504 g/mol. The molecule has 1 fully saturated rings. The van der Waals surface area contributed by atoms with Gasteiger partial charge in [0.2, 0.25) is 5.95 Å². The Morgan fingerprint density at radius 3 is 2.73 bits per heavy atom. The number of hydrogen-bond acceptors (Lipinski definition) is 7. The van der Waals surface area contributed by atoms with Crippen LogP contribution in [0.25, 0.3) is 22.3 Å². The molecule has 210 valence electrons. The second-order valence-electron chi connectivity index (χ2n) is 11.2. The van der Waals surface area contributed by atoms with Gasteiger partial charge in [-0.15, -0.1) is 0 Å². The molecule has 1 amide bonds. The topological polar surface area (TPSA) is 93.3 Å². The van der Waals surface area contributed by atoms with E-state index in [0.717, 1.165) is 79.2 Å². The zero-order chi connectivity index (χ0) is 27.8. The molecule has 5 heterocycles. The molecule has 2 aliphatic heterocycles. The average Bonchev–Trinajstić information content (AvgIpc) is 3.46. The van der Waals surface area contributed by atoms with Crippen molar-refractivity contribution in [2.75, 3.05) is 45.2 Å². The van der Waals surface area contributed by atoms with E-state index in [1.807, 2.05) is 37.0 Å². The molecule has 1 saturated heterocycles. The predicted molar refractivity (Wildman–Crippen MR) is 155 cm³/mol. The van der Waals surface area contributed by atoms with Crippen molar-refractivity contribution in [3.8, 4) is 11.3 Å². The number of aryl methyl sites for hydroxylation is 2. The number of carbonyl (C=O) groups excluding carboxylic acids is 1. The first-order chi connectivity index (χ1) is 19.3. The Kier molecular flexibility index (Phi) is 7.39. The summed E-state index contributed by atoms with van der Waals surface area (Å²) in [4.78, 5) is 28.1.